The van der Waals surface area contributed by atoms with Crippen molar-refractivity contribution in [3.8, 4) is 0 Å². The Balaban J connectivity index is 1.62. The van der Waals surface area contributed by atoms with E-state index in [1.165, 1.54) is 0 Å². The molecule has 0 radical (unpaired) electrons. The zero-order valence-corrected chi connectivity index (χ0v) is 14.0. The van der Waals surface area contributed by atoms with Crippen molar-refractivity contribution < 1.29 is 4.79 Å². The molecule has 0 unspecified atom stereocenters. The highest BCUT2D eigenvalue weighted by molar-refractivity contribution is 5.94. The fourth-order valence-corrected chi connectivity index (χ4v) is 2.55. The molecule has 0 atom stereocenters. The van der Waals surface area contributed by atoms with Crippen LogP contribution < -0.4 is 5.32 Å². The van der Waals surface area contributed by atoms with Gasteiger partial charge in [0.25, 0.3) is 5.91 Å². The largest absolute Gasteiger partial charge is 0.351 e. The lowest BCUT2D eigenvalue weighted by Gasteiger charge is -2.10. The molecule has 124 valence electrons. The molecular formula is C19H22N4O. The number of carbonyl (C=O) groups is 1. The Bertz CT molecular complexity index is 788. The smallest absolute Gasteiger partial charge is 0.251 e. The predicted octanol–water partition coefficient (Wildman–Crippen LogP) is 2.45. The Morgan fingerprint density at radius 1 is 1.12 bits per heavy atom. The van der Waals surface area contributed by atoms with Gasteiger partial charge in [-0.25, -0.2) is 4.98 Å². The Morgan fingerprint density at radius 2 is 1.88 bits per heavy atom. The molecule has 2 aromatic carbocycles. The second kappa shape index (κ2) is 7.27. The van der Waals surface area contributed by atoms with E-state index in [0.29, 0.717) is 12.1 Å². The third-order valence-corrected chi connectivity index (χ3v) is 3.87. The average molecular weight is 322 g/mol. The van der Waals surface area contributed by atoms with Crippen molar-refractivity contribution in [1.82, 2.24) is 20.2 Å². The van der Waals surface area contributed by atoms with Crippen LogP contribution in [0.2, 0.25) is 0 Å². The van der Waals surface area contributed by atoms with Crippen molar-refractivity contribution in [1.29, 1.82) is 0 Å². The summed E-state index contributed by atoms with van der Waals surface area (Å²) in [5.74, 6) is 0.895. The molecule has 0 spiro atoms. The molecule has 3 rings (SSSR count). The van der Waals surface area contributed by atoms with Crippen LogP contribution in [0.4, 0.5) is 0 Å². The molecular weight excluding hydrogens is 300 g/mol. The van der Waals surface area contributed by atoms with Gasteiger partial charge in [-0.2, -0.15) is 0 Å². The minimum absolute atomic E-state index is 0.0351. The Hall–Kier alpha value is -2.66. The van der Waals surface area contributed by atoms with Gasteiger partial charge in [-0.15, -0.1) is 0 Å². The van der Waals surface area contributed by atoms with Crippen LogP contribution in [0.25, 0.3) is 11.0 Å². The van der Waals surface area contributed by atoms with Crippen LogP contribution in [0.3, 0.4) is 0 Å². The number of likely N-dealkylation sites (N-methyl/N-ethyl adjacent to an activating group) is 1. The maximum atomic E-state index is 12.1. The van der Waals surface area contributed by atoms with Gasteiger partial charge in [0.2, 0.25) is 0 Å². The predicted molar refractivity (Wildman–Crippen MR) is 96.2 cm³/mol. The second-order valence-corrected chi connectivity index (χ2v) is 6.13. The molecule has 0 aliphatic rings. The third-order valence-electron chi connectivity index (χ3n) is 3.87. The molecule has 5 heteroatoms. The van der Waals surface area contributed by atoms with Gasteiger partial charge < -0.3 is 15.2 Å². The molecule has 0 bridgehead atoms. The first-order chi connectivity index (χ1) is 11.6. The number of para-hydroxylation sites is 2. The fraction of sp³-hybridized carbons (Fsp3) is 0.263. The van der Waals surface area contributed by atoms with Crippen LogP contribution in [0.15, 0.2) is 48.5 Å². The van der Waals surface area contributed by atoms with Gasteiger partial charge in [0, 0.05) is 25.1 Å². The molecule has 0 saturated heterocycles. The number of H-pyrrole nitrogens is 1. The summed E-state index contributed by atoms with van der Waals surface area (Å²) in [5.41, 5.74) is 3.83. The summed E-state index contributed by atoms with van der Waals surface area (Å²) >= 11 is 0. The van der Waals surface area contributed by atoms with Crippen LogP contribution in [-0.2, 0) is 6.42 Å². The molecule has 0 fully saturated rings. The van der Waals surface area contributed by atoms with Crippen molar-refractivity contribution in [2.24, 2.45) is 0 Å². The highest BCUT2D eigenvalue weighted by Gasteiger charge is 2.07. The minimum atomic E-state index is -0.0351. The van der Waals surface area contributed by atoms with Gasteiger partial charge >= 0.3 is 0 Å². The lowest BCUT2D eigenvalue weighted by Crippen LogP contribution is -2.31. The molecule has 1 amide bonds. The molecule has 2 N–H and O–H groups in total. The van der Waals surface area contributed by atoms with Crippen LogP contribution in [0.1, 0.15) is 21.7 Å². The third kappa shape index (κ3) is 4.00. The lowest BCUT2D eigenvalue weighted by molar-refractivity contribution is 0.0951. The van der Waals surface area contributed by atoms with Crippen molar-refractivity contribution in [2.75, 3.05) is 27.2 Å². The topological polar surface area (TPSA) is 61.0 Å². The zero-order valence-electron chi connectivity index (χ0n) is 14.0. The van der Waals surface area contributed by atoms with Crippen molar-refractivity contribution in [3.63, 3.8) is 0 Å². The Labute approximate surface area is 141 Å². The lowest BCUT2D eigenvalue weighted by atomic mass is 10.1. The maximum absolute atomic E-state index is 12.1. The number of nitrogens with one attached hydrogen (secondary N) is 2. The van der Waals surface area contributed by atoms with Crippen LogP contribution >= 0.6 is 0 Å². The highest BCUT2D eigenvalue weighted by Crippen LogP contribution is 2.14. The average Bonchev–Trinajstić information content (AvgIpc) is 2.97. The van der Waals surface area contributed by atoms with E-state index in [4.69, 9.17) is 0 Å². The van der Waals surface area contributed by atoms with E-state index in [0.717, 1.165) is 35.4 Å². The standard InChI is InChI=1S/C19H22N4O/c1-23(2)12-11-20-19(24)15-9-7-14(8-10-15)13-18-21-16-5-3-4-6-17(16)22-18/h3-10H,11-13H2,1-2H3,(H,20,24)(H,21,22). The van der Waals surface area contributed by atoms with E-state index in [2.05, 4.69) is 15.3 Å². The van der Waals surface area contributed by atoms with Gasteiger partial charge in [0.15, 0.2) is 0 Å². The molecule has 24 heavy (non-hydrogen) atoms. The number of hydrogen-bond acceptors (Lipinski definition) is 3. The number of benzene rings is 2. The molecule has 0 aliphatic carbocycles. The summed E-state index contributed by atoms with van der Waals surface area (Å²) in [6.07, 6.45) is 0.719. The summed E-state index contributed by atoms with van der Waals surface area (Å²) in [6.45, 7) is 1.47. The Kier molecular flexibility index (Phi) is 4.91. The van der Waals surface area contributed by atoms with E-state index in [-0.39, 0.29) is 5.91 Å². The number of nitrogens with zero attached hydrogens (tertiary/aromatic N) is 2. The van der Waals surface area contributed by atoms with Gasteiger partial charge in [0.05, 0.1) is 11.0 Å². The number of rotatable bonds is 6. The van der Waals surface area contributed by atoms with Crippen molar-refractivity contribution >= 4 is 16.9 Å². The van der Waals surface area contributed by atoms with E-state index in [1.807, 2.05) is 67.5 Å². The normalized spacial score (nSPS) is 11.1. The fourth-order valence-electron chi connectivity index (χ4n) is 2.55. The number of hydrogen-bond donors (Lipinski definition) is 2. The summed E-state index contributed by atoms with van der Waals surface area (Å²) in [7, 11) is 3.97. The summed E-state index contributed by atoms with van der Waals surface area (Å²) in [4.78, 5) is 22.0. The summed E-state index contributed by atoms with van der Waals surface area (Å²) < 4.78 is 0. The number of carbonyl (C=O) groups excluding carboxylic acids is 1. The first-order valence-electron chi connectivity index (χ1n) is 8.07. The monoisotopic (exact) mass is 322 g/mol. The number of aromatic amines is 1. The van der Waals surface area contributed by atoms with E-state index < -0.39 is 0 Å². The number of fused-ring (bicyclic) bond motifs is 1. The minimum Gasteiger partial charge on any atom is -0.351 e. The maximum Gasteiger partial charge on any atom is 0.251 e. The van der Waals surface area contributed by atoms with Gasteiger partial charge in [-0.3, -0.25) is 4.79 Å². The molecule has 0 aliphatic heterocycles. The highest BCUT2D eigenvalue weighted by atomic mass is 16.1. The molecule has 0 saturated carbocycles. The number of aromatic nitrogens is 2. The SMILES string of the molecule is CN(C)CCNC(=O)c1ccc(Cc2nc3ccccc3[nH]2)cc1. The van der Waals surface area contributed by atoms with Crippen molar-refractivity contribution in [2.45, 2.75) is 6.42 Å². The van der Waals surface area contributed by atoms with Crippen LogP contribution in [-0.4, -0.2) is 48.0 Å². The molecule has 5 nitrogen and oxygen atoms in total. The van der Waals surface area contributed by atoms with E-state index >= 15 is 0 Å². The van der Waals surface area contributed by atoms with Crippen LogP contribution in [0, 0.1) is 0 Å². The molecule has 3 aromatic rings. The van der Waals surface area contributed by atoms with Crippen molar-refractivity contribution in [3.05, 3.63) is 65.5 Å². The quantitative estimate of drug-likeness (QED) is 0.733. The number of amides is 1. The molecule has 1 aromatic heterocycles. The first kappa shape index (κ1) is 16.2. The van der Waals surface area contributed by atoms with Gasteiger partial charge in [0.1, 0.15) is 5.82 Å². The van der Waals surface area contributed by atoms with Crippen LogP contribution in [0.5, 0.6) is 0 Å². The van der Waals surface area contributed by atoms with E-state index in [9.17, 15) is 4.79 Å². The van der Waals surface area contributed by atoms with E-state index in [1.54, 1.807) is 0 Å². The van der Waals surface area contributed by atoms with Gasteiger partial charge in [-0.1, -0.05) is 24.3 Å². The summed E-state index contributed by atoms with van der Waals surface area (Å²) in [5, 5.41) is 2.92. The second-order valence-electron chi connectivity index (χ2n) is 6.13. The Morgan fingerprint density at radius 3 is 2.58 bits per heavy atom. The molecule has 1 heterocycles. The first-order valence-corrected chi connectivity index (χ1v) is 8.07. The summed E-state index contributed by atoms with van der Waals surface area (Å²) in [6, 6.07) is 15.7. The van der Waals surface area contributed by atoms with Gasteiger partial charge in [-0.05, 0) is 43.9 Å². The number of imidazole rings is 1. The zero-order chi connectivity index (χ0) is 16.9.